The van der Waals surface area contributed by atoms with Crippen molar-refractivity contribution in [3.05, 3.63) is 0 Å². The molecule has 0 aliphatic carbocycles. The fraction of sp³-hybridized carbons (Fsp3) is 0.917. The standard InChI is InChI=1S/C12H23NO2/c1-5-14-12(15-6-2)8-7-11(9-13)10(3)4/h10-12H,5-8H2,1-4H3/t11-/m0/s1. The maximum absolute atomic E-state index is 8.94. The lowest BCUT2D eigenvalue weighted by Gasteiger charge is -2.19. The topological polar surface area (TPSA) is 42.2 Å². The van der Waals surface area contributed by atoms with Gasteiger partial charge in [-0.05, 0) is 32.6 Å². The van der Waals surface area contributed by atoms with E-state index >= 15 is 0 Å². The van der Waals surface area contributed by atoms with E-state index in [0.717, 1.165) is 12.8 Å². The number of nitriles is 1. The molecule has 15 heavy (non-hydrogen) atoms. The molecule has 0 aromatic heterocycles. The molecule has 1 atom stereocenters. The van der Waals surface area contributed by atoms with E-state index in [0.29, 0.717) is 19.1 Å². The van der Waals surface area contributed by atoms with Crippen molar-refractivity contribution < 1.29 is 9.47 Å². The molecule has 0 unspecified atom stereocenters. The number of hydrogen-bond acceptors (Lipinski definition) is 3. The highest BCUT2D eigenvalue weighted by atomic mass is 16.7. The SMILES string of the molecule is CCOC(CC[C@@H](C#N)C(C)C)OCC. The molecule has 0 aliphatic heterocycles. The maximum atomic E-state index is 8.94. The minimum Gasteiger partial charge on any atom is -0.353 e. The van der Waals surface area contributed by atoms with Crippen molar-refractivity contribution in [1.82, 2.24) is 0 Å². The zero-order valence-electron chi connectivity index (χ0n) is 10.3. The molecule has 0 spiro atoms. The van der Waals surface area contributed by atoms with Gasteiger partial charge in [0.05, 0.1) is 6.07 Å². The molecule has 88 valence electrons. The first kappa shape index (κ1) is 14.4. The third kappa shape index (κ3) is 6.48. The number of rotatable bonds is 8. The van der Waals surface area contributed by atoms with Gasteiger partial charge < -0.3 is 9.47 Å². The van der Waals surface area contributed by atoms with E-state index in [9.17, 15) is 0 Å². The smallest absolute Gasteiger partial charge is 0.157 e. The molecule has 0 N–H and O–H groups in total. The maximum Gasteiger partial charge on any atom is 0.157 e. The summed E-state index contributed by atoms with van der Waals surface area (Å²) in [7, 11) is 0. The Hall–Kier alpha value is -0.590. The highest BCUT2D eigenvalue weighted by molar-refractivity contribution is 4.84. The quantitative estimate of drug-likeness (QED) is 0.582. The van der Waals surface area contributed by atoms with Crippen LogP contribution < -0.4 is 0 Å². The molecule has 0 aliphatic rings. The Bertz CT molecular complexity index is 181. The van der Waals surface area contributed by atoms with Crippen molar-refractivity contribution in [3.63, 3.8) is 0 Å². The van der Waals surface area contributed by atoms with Crippen LogP contribution >= 0.6 is 0 Å². The Morgan fingerprint density at radius 2 is 1.60 bits per heavy atom. The van der Waals surface area contributed by atoms with Gasteiger partial charge in [0.1, 0.15) is 0 Å². The number of hydrogen-bond donors (Lipinski definition) is 0. The Morgan fingerprint density at radius 1 is 1.07 bits per heavy atom. The van der Waals surface area contributed by atoms with E-state index in [2.05, 4.69) is 19.9 Å². The van der Waals surface area contributed by atoms with Gasteiger partial charge >= 0.3 is 0 Å². The van der Waals surface area contributed by atoms with Gasteiger partial charge in [-0.3, -0.25) is 0 Å². The lowest BCUT2D eigenvalue weighted by Crippen LogP contribution is -2.19. The Morgan fingerprint density at radius 3 is 1.93 bits per heavy atom. The monoisotopic (exact) mass is 213 g/mol. The predicted octanol–water partition coefficient (Wildman–Crippen LogP) is 2.96. The highest BCUT2D eigenvalue weighted by Gasteiger charge is 2.16. The minimum atomic E-state index is -0.144. The van der Waals surface area contributed by atoms with E-state index in [4.69, 9.17) is 14.7 Å². The largest absolute Gasteiger partial charge is 0.353 e. The molecule has 0 rings (SSSR count). The summed E-state index contributed by atoms with van der Waals surface area (Å²) in [5, 5.41) is 8.94. The van der Waals surface area contributed by atoms with E-state index in [1.54, 1.807) is 0 Å². The molecule has 3 heteroatoms. The second kappa shape index (κ2) is 8.70. The van der Waals surface area contributed by atoms with Gasteiger partial charge in [-0.2, -0.15) is 5.26 Å². The third-order valence-corrected chi connectivity index (χ3v) is 2.39. The Labute approximate surface area is 93.4 Å². The van der Waals surface area contributed by atoms with Gasteiger partial charge in [0.25, 0.3) is 0 Å². The van der Waals surface area contributed by atoms with Crippen LogP contribution in [-0.2, 0) is 9.47 Å². The van der Waals surface area contributed by atoms with Gasteiger partial charge in [0.15, 0.2) is 6.29 Å². The number of nitrogens with zero attached hydrogens (tertiary/aromatic N) is 1. The van der Waals surface area contributed by atoms with Crippen LogP contribution in [0.3, 0.4) is 0 Å². The van der Waals surface area contributed by atoms with Crippen molar-refractivity contribution in [3.8, 4) is 6.07 Å². The Kier molecular flexibility index (Phi) is 8.35. The van der Waals surface area contributed by atoms with Gasteiger partial charge in [0, 0.05) is 19.1 Å². The summed E-state index contributed by atoms with van der Waals surface area (Å²) in [5.74, 6) is 0.507. The minimum absolute atomic E-state index is 0.105. The summed E-state index contributed by atoms with van der Waals surface area (Å²) in [5.41, 5.74) is 0. The average molecular weight is 213 g/mol. The first-order valence-electron chi connectivity index (χ1n) is 5.78. The van der Waals surface area contributed by atoms with Gasteiger partial charge in [0.2, 0.25) is 0 Å². The summed E-state index contributed by atoms with van der Waals surface area (Å²) < 4.78 is 10.9. The normalized spacial score (nSPS) is 13.1. The lowest BCUT2D eigenvalue weighted by molar-refractivity contribution is -0.141. The molecule has 0 saturated heterocycles. The summed E-state index contributed by atoms with van der Waals surface area (Å²) in [6.07, 6.45) is 1.51. The summed E-state index contributed by atoms with van der Waals surface area (Å²) >= 11 is 0. The summed E-state index contributed by atoms with van der Waals surface area (Å²) in [6, 6.07) is 2.33. The van der Waals surface area contributed by atoms with E-state index < -0.39 is 0 Å². The molecule has 0 aromatic carbocycles. The van der Waals surface area contributed by atoms with Crippen molar-refractivity contribution >= 4 is 0 Å². The number of ether oxygens (including phenoxy) is 2. The van der Waals surface area contributed by atoms with Crippen LogP contribution in [0.15, 0.2) is 0 Å². The molecule has 0 radical (unpaired) electrons. The van der Waals surface area contributed by atoms with Crippen LogP contribution in [0.4, 0.5) is 0 Å². The van der Waals surface area contributed by atoms with Crippen LogP contribution in [0, 0.1) is 23.2 Å². The van der Waals surface area contributed by atoms with Gasteiger partial charge in [-0.15, -0.1) is 0 Å². The van der Waals surface area contributed by atoms with Crippen molar-refractivity contribution in [2.45, 2.75) is 46.8 Å². The van der Waals surface area contributed by atoms with E-state index in [-0.39, 0.29) is 12.2 Å². The second-order valence-electron chi connectivity index (χ2n) is 3.90. The molecule has 0 aromatic rings. The van der Waals surface area contributed by atoms with Gasteiger partial charge in [-0.25, -0.2) is 0 Å². The Balaban J connectivity index is 3.91. The van der Waals surface area contributed by atoms with Crippen LogP contribution in [0.1, 0.15) is 40.5 Å². The molecule has 0 bridgehead atoms. The lowest BCUT2D eigenvalue weighted by atomic mass is 9.92. The molecule has 0 fully saturated rings. The first-order chi connectivity index (χ1) is 7.15. The zero-order valence-corrected chi connectivity index (χ0v) is 10.3. The van der Waals surface area contributed by atoms with Gasteiger partial charge in [-0.1, -0.05) is 13.8 Å². The first-order valence-corrected chi connectivity index (χ1v) is 5.78. The third-order valence-electron chi connectivity index (χ3n) is 2.39. The van der Waals surface area contributed by atoms with Crippen LogP contribution in [0.25, 0.3) is 0 Å². The average Bonchev–Trinajstić information content (AvgIpc) is 2.18. The van der Waals surface area contributed by atoms with Crippen LogP contribution in [0.2, 0.25) is 0 Å². The summed E-state index contributed by atoms with van der Waals surface area (Å²) in [4.78, 5) is 0. The fourth-order valence-corrected chi connectivity index (χ4v) is 1.45. The zero-order chi connectivity index (χ0) is 11.7. The summed E-state index contributed by atoms with van der Waals surface area (Å²) in [6.45, 7) is 9.37. The van der Waals surface area contributed by atoms with Crippen molar-refractivity contribution in [2.24, 2.45) is 11.8 Å². The second-order valence-corrected chi connectivity index (χ2v) is 3.90. The van der Waals surface area contributed by atoms with Crippen LogP contribution in [0.5, 0.6) is 0 Å². The van der Waals surface area contributed by atoms with Crippen molar-refractivity contribution in [2.75, 3.05) is 13.2 Å². The van der Waals surface area contributed by atoms with E-state index in [1.807, 2.05) is 13.8 Å². The molecule has 0 heterocycles. The fourth-order valence-electron chi connectivity index (χ4n) is 1.45. The molecule has 3 nitrogen and oxygen atoms in total. The molecule has 0 amide bonds. The van der Waals surface area contributed by atoms with Crippen LogP contribution in [-0.4, -0.2) is 19.5 Å². The molecule has 0 saturated carbocycles. The highest BCUT2D eigenvalue weighted by Crippen LogP contribution is 2.18. The molecular formula is C12H23NO2. The predicted molar refractivity (Wildman–Crippen MR) is 60.2 cm³/mol. The van der Waals surface area contributed by atoms with E-state index in [1.165, 1.54) is 0 Å². The molecular weight excluding hydrogens is 190 g/mol. The van der Waals surface area contributed by atoms with Crippen molar-refractivity contribution in [1.29, 1.82) is 5.26 Å².